The Morgan fingerprint density at radius 1 is 0.913 bits per heavy atom. The van der Waals surface area contributed by atoms with Crippen molar-refractivity contribution in [2.24, 2.45) is 0 Å². The fourth-order valence-corrected chi connectivity index (χ4v) is 6.58. The maximum Gasteiger partial charge on any atom is 0.124 e. The average molecular weight is 343 g/mol. The van der Waals surface area contributed by atoms with E-state index in [2.05, 4.69) is 57.2 Å². The maximum absolute atomic E-state index is 13.2. The van der Waals surface area contributed by atoms with Gasteiger partial charge in [-0.1, -0.05) is 59.2 Å². The molecule has 2 unspecified atom stereocenters. The molecule has 0 amide bonds. The first-order valence-electron chi connectivity index (χ1n) is 7.86. The molecular weight excluding hydrogens is 320 g/mol. The van der Waals surface area contributed by atoms with Gasteiger partial charge in [-0.3, -0.25) is 4.21 Å². The molecule has 2 aromatic rings. The number of rotatable bonds is 3. The lowest BCUT2D eigenvalue weighted by molar-refractivity contribution is 0.657. The summed E-state index contributed by atoms with van der Waals surface area (Å²) in [5, 5.41) is 0. The van der Waals surface area contributed by atoms with Gasteiger partial charge >= 0.3 is 0 Å². The van der Waals surface area contributed by atoms with Crippen molar-refractivity contribution in [3.63, 3.8) is 0 Å². The van der Waals surface area contributed by atoms with E-state index in [4.69, 9.17) is 0 Å². The van der Waals surface area contributed by atoms with Gasteiger partial charge < -0.3 is 0 Å². The van der Waals surface area contributed by atoms with Gasteiger partial charge in [0.1, 0.15) is 4.08 Å². The quantitative estimate of drug-likeness (QED) is 0.692. The van der Waals surface area contributed by atoms with E-state index in [9.17, 15) is 4.21 Å². The summed E-state index contributed by atoms with van der Waals surface area (Å²) < 4.78 is 12.8. The Morgan fingerprint density at radius 2 is 1.57 bits per heavy atom. The van der Waals surface area contributed by atoms with Crippen molar-refractivity contribution in [2.75, 3.05) is 5.75 Å². The molecule has 0 aromatic heterocycles. The molecule has 0 saturated carbocycles. The third-order valence-corrected chi connectivity index (χ3v) is 8.30. The fraction of sp³-hybridized carbons (Fsp3) is 0.300. The van der Waals surface area contributed by atoms with Crippen molar-refractivity contribution in [3.05, 3.63) is 76.9 Å². The average Bonchev–Trinajstić information content (AvgIpc) is 2.54. The molecular formula is C20H22OS2. The Labute approximate surface area is 145 Å². The van der Waals surface area contributed by atoms with Crippen LogP contribution in [0.4, 0.5) is 0 Å². The van der Waals surface area contributed by atoms with Gasteiger partial charge in [0.25, 0.3) is 0 Å². The van der Waals surface area contributed by atoms with E-state index in [1.54, 1.807) is 11.8 Å². The molecule has 3 rings (SSSR count). The number of allylic oxidation sites excluding steroid dienone is 1. The number of aryl methyl sites for hydroxylation is 1. The molecule has 120 valence electrons. The lowest BCUT2D eigenvalue weighted by Gasteiger charge is -2.37. The standard InChI is InChI=1S/C20H22OS2/c1-15-9-11-18(12-10-15)20(22-19-7-5-4-6-8-19)13-16(2)17(3)14-23(20)21/h4-12H,13-14H2,1-3H3. The Kier molecular flexibility index (Phi) is 4.79. The fourth-order valence-electron chi connectivity index (χ4n) is 2.88. The second-order valence-electron chi connectivity index (χ2n) is 6.26. The van der Waals surface area contributed by atoms with E-state index in [-0.39, 0.29) is 0 Å². The molecule has 1 heterocycles. The second-order valence-corrected chi connectivity index (χ2v) is 9.57. The molecule has 0 aliphatic carbocycles. The first-order chi connectivity index (χ1) is 11.0. The smallest absolute Gasteiger partial charge is 0.124 e. The SMILES string of the molecule is CC1=C(C)CC(Sc2ccccc2)(c2ccc(C)cc2)S(=O)C1. The molecule has 0 saturated heterocycles. The summed E-state index contributed by atoms with van der Waals surface area (Å²) in [6.07, 6.45) is 0.841. The molecule has 23 heavy (non-hydrogen) atoms. The van der Waals surface area contributed by atoms with E-state index in [0.717, 1.165) is 6.42 Å². The van der Waals surface area contributed by atoms with Crippen LogP contribution < -0.4 is 0 Å². The molecule has 2 atom stereocenters. The van der Waals surface area contributed by atoms with Crippen LogP contribution in [0.15, 0.2) is 70.6 Å². The molecule has 0 bridgehead atoms. The zero-order chi connectivity index (χ0) is 16.4. The minimum Gasteiger partial charge on any atom is -0.257 e. The van der Waals surface area contributed by atoms with Crippen LogP contribution in [0.1, 0.15) is 31.4 Å². The first-order valence-corrected chi connectivity index (χ1v) is 10.00. The number of hydrogen-bond donors (Lipinski definition) is 0. The molecule has 0 radical (unpaired) electrons. The van der Waals surface area contributed by atoms with Gasteiger partial charge in [0.05, 0.1) is 0 Å². The minimum atomic E-state index is -0.940. The van der Waals surface area contributed by atoms with Crippen molar-refractivity contribution in [2.45, 2.75) is 36.2 Å². The van der Waals surface area contributed by atoms with E-state index in [0.29, 0.717) is 5.75 Å². The molecule has 0 fully saturated rings. The van der Waals surface area contributed by atoms with Gasteiger partial charge in [-0.15, -0.1) is 11.8 Å². The van der Waals surface area contributed by atoms with E-state index >= 15 is 0 Å². The third-order valence-electron chi connectivity index (χ3n) is 4.46. The molecule has 0 spiro atoms. The molecule has 1 nitrogen and oxygen atoms in total. The highest BCUT2D eigenvalue weighted by Crippen LogP contribution is 2.51. The van der Waals surface area contributed by atoms with Crippen LogP contribution in [0.5, 0.6) is 0 Å². The summed E-state index contributed by atoms with van der Waals surface area (Å²) >= 11 is 1.75. The molecule has 1 aliphatic heterocycles. The van der Waals surface area contributed by atoms with Crippen molar-refractivity contribution in [1.29, 1.82) is 0 Å². The summed E-state index contributed by atoms with van der Waals surface area (Å²) in [6.45, 7) is 6.38. The summed E-state index contributed by atoms with van der Waals surface area (Å²) in [7, 11) is -0.940. The lowest BCUT2D eigenvalue weighted by atomic mass is 10.00. The first kappa shape index (κ1) is 16.5. The molecule has 2 aromatic carbocycles. The van der Waals surface area contributed by atoms with Gasteiger partial charge in [-0.05, 0) is 44.9 Å². The van der Waals surface area contributed by atoms with Gasteiger partial charge in [0.2, 0.25) is 0 Å². The highest BCUT2D eigenvalue weighted by Gasteiger charge is 2.42. The molecule has 1 aliphatic rings. The topological polar surface area (TPSA) is 17.1 Å². The summed E-state index contributed by atoms with van der Waals surface area (Å²) in [5.74, 6) is 0.666. The predicted octanol–water partition coefficient (Wildman–Crippen LogP) is 5.43. The zero-order valence-electron chi connectivity index (χ0n) is 13.8. The van der Waals surface area contributed by atoms with Crippen molar-refractivity contribution in [1.82, 2.24) is 0 Å². The zero-order valence-corrected chi connectivity index (χ0v) is 15.5. The second kappa shape index (κ2) is 6.66. The van der Waals surface area contributed by atoms with E-state index < -0.39 is 14.9 Å². The largest absolute Gasteiger partial charge is 0.257 e. The highest BCUT2D eigenvalue weighted by molar-refractivity contribution is 8.12. The minimum absolute atomic E-state index is 0.390. The molecule has 3 heteroatoms. The van der Waals surface area contributed by atoms with E-state index in [1.807, 2.05) is 18.2 Å². The monoisotopic (exact) mass is 342 g/mol. The van der Waals surface area contributed by atoms with Gasteiger partial charge in [-0.2, -0.15) is 0 Å². The van der Waals surface area contributed by atoms with Crippen LogP contribution >= 0.6 is 11.8 Å². The lowest BCUT2D eigenvalue weighted by Crippen LogP contribution is -2.34. The number of thioether (sulfide) groups is 1. The van der Waals surface area contributed by atoms with Crippen LogP contribution in [0.25, 0.3) is 0 Å². The van der Waals surface area contributed by atoms with Crippen LogP contribution in [0, 0.1) is 6.92 Å². The normalized spacial score (nSPS) is 24.7. The number of benzene rings is 2. The predicted molar refractivity (Wildman–Crippen MR) is 101 cm³/mol. The van der Waals surface area contributed by atoms with E-state index in [1.165, 1.54) is 27.2 Å². The Balaban J connectivity index is 2.10. The Hall–Kier alpha value is -1.32. The summed E-state index contributed by atoms with van der Waals surface area (Å²) in [5.41, 5.74) is 5.05. The summed E-state index contributed by atoms with van der Waals surface area (Å²) in [6, 6.07) is 18.9. The van der Waals surface area contributed by atoms with Crippen LogP contribution in [-0.4, -0.2) is 9.96 Å². The highest BCUT2D eigenvalue weighted by atomic mass is 32.2. The molecule has 0 N–H and O–H groups in total. The van der Waals surface area contributed by atoms with Crippen molar-refractivity contribution in [3.8, 4) is 0 Å². The van der Waals surface area contributed by atoms with Gasteiger partial charge in [0.15, 0.2) is 0 Å². The van der Waals surface area contributed by atoms with Crippen molar-refractivity contribution >= 4 is 22.6 Å². The number of hydrogen-bond acceptors (Lipinski definition) is 2. The Bertz CT molecular complexity index is 747. The van der Waals surface area contributed by atoms with Crippen LogP contribution in [0.2, 0.25) is 0 Å². The van der Waals surface area contributed by atoms with Crippen LogP contribution in [0.3, 0.4) is 0 Å². The van der Waals surface area contributed by atoms with Gasteiger partial charge in [0, 0.05) is 21.4 Å². The van der Waals surface area contributed by atoms with Crippen molar-refractivity contribution < 1.29 is 4.21 Å². The third kappa shape index (κ3) is 3.31. The summed E-state index contributed by atoms with van der Waals surface area (Å²) in [4.78, 5) is 1.17. The maximum atomic E-state index is 13.2. The Morgan fingerprint density at radius 3 is 2.22 bits per heavy atom. The van der Waals surface area contributed by atoms with Crippen LogP contribution in [-0.2, 0) is 14.9 Å². The van der Waals surface area contributed by atoms with Gasteiger partial charge in [-0.25, -0.2) is 0 Å².